The molecule has 0 saturated heterocycles. The second-order valence-corrected chi connectivity index (χ2v) is 4.58. The Labute approximate surface area is 108 Å². The fraction of sp³-hybridized carbons (Fsp3) is 0.250. The monoisotopic (exact) mass is 239 g/mol. The first-order chi connectivity index (χ1) is 8.93. The smallest absolute Gasteiger partial charge is 0.119 e. The third-order valence-corrected chi connectivity index (χ3v) is 3.38. The van der Waals surface area contributed by atoms with Gasteiger partial charge in [0.05, 0.1) is 6.04 Å². The summed E-state index contributed by atoms with van der Waals surface area (Å²) in [6, 6.07) is 18.9. The highest BCUT2D eigenvalue weighted by molar-refractivity contribution is 5.32. The van der Waals surface area contributed by atoms with Crippen LogP contribution >= 0.6 is 0 Å². The lowest BCUT2D eigenvalue weighted by Gasteiger charge is -2.26. The molecule has 1 N–H and O–H groups in total. The predicted octanol–water partition coefficient (Wildman–Crippen LogP) is 2.95. The Bertz CT molecular complexity index is 510. The van der Waals surface area contributed by atoms with Crippen LogP contribution in [0, 0.1) is 0 Å². The van der Waals surface area contributed by atoms with Crippen molar-refractivity contribution in [3.8, 4) is 5.75 Å². The SMILES string of the molecule is c1ccc(OCC2NCCc3ccccc32)cc1. The van der Waals surface area contributed by atoms with E-state index in [0.29, 0.717) is 12.6 Å². The van der Waals surface area contributed by atoms with Gasteiger partial charge in [-0.3, -0.25) is 0 Å². The summed E-state index contributed by atoms with van der Waals surface area (Å²) in [6.45, 7) is 1.71. The average Bonchev–Trinajstić information content (AvgIpc) is 2.46. The molecule has 1 atom stereocenters. The minimum absolute atomic E-state index is 0.301. The molecule has 2 aromatic rings. The highest BCUT2D eigenvalue weighted by Gasteiger charge is 2.19. The van der Waals surface area contributed by atoms with Crippen molar-refractivity contribution in [3.05, 3.63) is 65.7 Å². The van der Waals surface area contributed by atoms with Crippen LogP contribution in [0.5, 0.6) is 5.75 Å². The van der Waals surface area contributed by atoms with Crippen LogP contribution in [0.2, 0.25) is 0 Å². The molecule has 0 bridgehead atoms. The fourth-order valence-corrected chi connectivity index (χ4v) is 2.44. The maximum absolute atomic E-state index is 5.84. The van der Waals surface area contributed by atoms with E-state index < -0.39 is 0 Å². The summed E-state index contributed by atoms with van der Waals surface area (Å²) in [5, 5.41) is 3.52. The number of rotatable bonds is 3. The largest absolute Gasteiger partial charge is 0.492 e. The van der Waals surface area contributed by atoms with Crippen molar-refractivity contribution < 1.29 is 4.74 Å². The second-order valence-electron chi connectivity index (χ2n) is 4.58. The van der Waals surface area contributed by atoms with Gasteiger partial charge in [-0.1, -0.05) is 42.5 Å². The van der Waals surface area contributed by atoms with Crippen LogP contribution in [0.15, 0.2) is 54.6 Å². The van der Waals surface area contributed by atoms with E-state index in [1.807, 2.05) is 30.3 Å². The zero-order chi connectivity index (χ0) is 12.2. The van der Waals surface area contributed by atoms with Gasteiger partial charge in [0, 0.05) is 0 Å². The van der Waals surface area contributed by atoms with E-state index in [-0.39, 0.29) is 0 Å². The summed E-state index contributed by atoms with van der Waals surface area (Å²) >= 11 is 0. The van der Waals surface area contributed by atoms with Crippen LogP contribution in [-0.4, -0.2) is 13.2 Å². The average molecular weight is 239 g/mol. The molecular formula is C16H17NO. The van der Waals surface area contributed by atoms with Crippen molar-refractivity contribution in [2.45, 2.75) is 12.5 Å². The molecule has 0 aromatic heterocycles. The lowest BCUT2D eigenvalue weighted by molar-refractivity contribution is 0.261. The van der Waals surface area contributed by atoms with Crippen molar-refractivity contribution in [2.24, 2.45) is 0 Å². The molecular weight excluding hydrogens is 222 g/mol. The molecule has 0 saturated carbocycles. The maximum atomic E-state index is 5.84. The molecule has 0 aliphatic carbocycles. The summed E-state index contributed by atoms with van der Waals surface area (Å²) in [5.41, 5.74) is 2.82. The highest BCUT2D eigenvalue weighted by atomic mass is 16.5. The highest BCUT2D eigenvalue weighted by Crippen LogP contribution is 2.23. The van der Waals surface area contributed by atoms with E-state index in [9.17, 15) is 0 Å². The molecule has 2 aromatic carbocycles. The van der Waals surface area contributed by atoms with E-state index in [1.54, 1.807) is 0 Å². The molecule has 0 radical (unpaired) electrons. The van der Waals surface area contributed by atoms with E-state index in [4.69, 9.17) is 4.74 Å². The Morgan fingerprint density at radius 2 is 1.78 bits per heavy atom. The number of fused-ring (bicyclic) bond motifs is 1. The number of nitrogens with one attached hydrogen (secondary N) is 1. The third kappa shape index (κ3) is 2.39. The van der Waals surface area contributed by atoms with Gasteiger partial charge in [-0.15, -0.1) is 0 Å². The van der Waals surface area contributed by atoms with Crippen molar-refractivity contribution in [1.29, 1.82) is 0 Å². The molecule has 18 heavy (non-hydrogen) atoms. The molecule has 2 heteroatoms. The van der Waals surface area contributed by atoms with Crippen LogP contribution in [-0.2, 0) is 6.42 Å². The van der Waals surface area contributed by atoms with Crippen molar-refractivity contribution in [1.82, 2.24) is 5.32 Å². The van der Waals surface area contributed by atoms with Gasteiger partial charge in [0.1, 0.15) is 12.4 Å². The predicted molar refractivity (Wildman–Crippen MR) is 72.8 cm³/mol. The van der Waals surface area contributed by atoms with Gasteiger partial charge < -0.3 is 10.1 Å². The van der Waals surface area contributed by atoms with E-state index in [1.165, 1.54) is 11.1 Å². The molecule has 1 unspecified atom stereocenters. The van der Waals surface area contributed by atoms with Crippen LogP contribution in [0.4, 0.5) is 0 Å². The first-order valence-corrected chi connectivity index (χ1v) is 6.42. The standard InChI is InChI=1S/C16H17NO/c1-2-7-14(8-3-1)18-12-16-15-9-5-4-6-13(15)10-11-17-16/h1-9,16-17H,10-12H2. The summed E-state index contributed by atoms with van der Waals surface area (Å²) < 4.78 is 5.84. The minimum atomic E-state index is 0.301. The first kappa shape index (κ1) is 11.3. The van der Waals surface area contributed by atoms with Gasteiger partial charge in [-0.25, -0.2) is 0 Å². The fourth-order valence-electron chi connectivity index (χ4n) is 2.44. The summed E-state index contributed by atoms with van der Waals surface area (Å²) in [7, 11) is 0. The topological polar surface area (TPSA) is 21.3 Å². The van der Waals surface area contributed by atoms with E-state index in [2.05, 4.69) is 29.6 Å². The lowest BCUT2D eigenvalue weighted by atomic mass is 9.95. The quantitative estimate of drug-likeness (QED) is 0.889. The van der Waals surface area contributed by atoms with E-state index in [0.717, 1.165) is 18.7 Å². The number of hydrogen-bond donors (Lipinski definition) is 1. The van der Waals surface area contributed by atoms with Gasteiger partial charge in [0.15, 0.2) is 0 Å². The Balaban J connectivity index is 1.71. The number of benzene rings is 2. The second kappa shape index (κ2) is 5.23. The van der Waals surface area contributed by atoms with Gasteiger partial charge in [0.25, 0.3) is 0 Å². The molecule has 1 heterocycles. The Morgan fingerprint density at radius 1 is 1.00 bits per heavy atom. The normalized spacial score (nSPS) is 18.1. The molecule has 0 amide bonds. The van der Waals surface area contributed by atoms with Crippen LogP contribution in [0.25, 0.3) is 0 Å². The van der Waals surface area contributed by atoms with Crippen LogP contribution < -0.4 is 10.1 Å². The summed E-state index contributed by atoms with van der Waals surface area (Å²) in [5.74, 6) is 0.933. The van der Waals surface area contributed by atoms with E-state index >= 15 is 0 Å². The zero-order valence-corrected chi connectivity index (χ0v) is 10.3. The molecule has 92 valence electrons. The zero-order valence-electron chi connectivity index (χ0n) is 10.3. The molecule has 2 nitrogen and oxygen atoms in total. The lowest BCUT2D eigenvalue weighted by Crippen LogP contribution is -2.33. The van der Waals surface area contributed by atoms with Crippen molar-refractivity contribution >= 4 is 0 Å². The maximum Gasteiger partial charge on any atom is 0.119 e. The van der Waals surface area contributed by atoms with Crippen molar-refractivity contribution in [2.75, 3.05) is 13.2 Å². The summed E-state index contributed by atoms with van der Waals surface area (Å²) in [6.07, 6.45) is 1.11. The van der Waals surface area contributed by atoms with Gasteiger partial charge in [0.2, 0.25) is 0 Å². The van der Waals surface area contributed by atoms with Crippen molar-refractivity contribution in [3.63, 3.8) is 0 Å². The van der Waals surface area contributed by atoms with Gasteiger partial charge in [-0.2, -0.15) is 0 Å². The Hall–Kier alpha value is -1.80. The number of ether oxygens (including phenoxy) is 1. The van der Waals surface area contributed by atoms with Crippen LogP contribution in [0.1, 0.15) is 17.2 Å². The number of para-hydroxylation sites is 1. The first-order valence-electron chi connectivity index (χ1n) is 6.42. The molecule has 1 aliphatic rings. The summed E-state index contributed by atoms with van der Waals surface area (Å²) in [4.78, 5) is 0. The molecule has 0 fully saturated rings. The Kier molecular flexibility index (Phi) is 3.29. The molecule has 0 spiro atoms. The Morgan fingerprint density at radius 3 is 2.67 bits per heavy atom. The molecule has 3 rings (SSSR count). The minimum Gasteiger partial charge on any atom is -0.492 e. The third-order valence-electron chi connectivity index (χ3n) is 3.38. The van der Waals surface area contributed by atoms with Crippen LogP contribution in [0.3, 0.4) is 0 Å². The number of hydrogen-bond acceptors (Lipinski definition) is 2. The van der Waals surface area contributed by atoms with Gasteiger partial charge >= 0.3 is 0 Å². The van der Waals surface area contributed by atoms with Gasteiger partial charge in [-0.05, 0) is 36.2 Å². The molecule has 1 aliphatic heterocycles.